The zero-order chi connectivity index (χ0) is 15.6. The van der Waals surface area contributed by atoms with Crippen molar-refractivity contribution in [1.82, 2.24) is 0 Å². The fourth-order valence-corrected chi connectivity index (χ4v) is 3.03. The number of benzene rings is 4. The molecule has 23 heavy (non-hydrogen) atoms. The summed E-state index contributed by atoms with van der Waals surface area (Å²) >= 11 is 0. The lowest BCUT2D eigenvalue weighted by Gasteiger charge is -2.12. The molecule has 0 saturated carbocycles. The van der Waals surface area contributed by atoms with Crippen molar-refractivity contribution in [2.75, 3.05) is 0 Å². The van der Waals surface area contributed by atoms with E-state index >= 15 is 4.39 Å². The van der Waals surface area contributed by atoms with E-state index in [2.05, 4.69) is 12.1 Å². The van der Waals surface area contributed by atoms with Crippen LogP contribution >= 0.6 is 0 Å². The molecular formula is C22H15F. The Kier molecular flexibility index (Phi) is 3.39. The van der Waals surface area contributed by atoms with E-state index in [4.69, 9.17) is 0 Å². The van der Waals surface area contributed by atoms with Crippen LogP contribution in [0.5, 0.6) is 0 Å². The molecule has 0 aliphatic carbocycles. The Balaban J connectivity index is 1.98. The molecule has 0 N–H and O–H groups in total. The average molecular weight is 298 g/mol. The van der Waals surface area contributed by atoms with Crippen LogP contribution in [-0.2, 0) is 0 Å². The second kappa shape index (κ2) is 5.69. The molecule has 0 amide bonds. The normalized spacial score (nSPS) is 10.8. The molecule has 0 aliphatic rings. The summed E-state index contributed by atoms with van der Waals surface area (Å²) in [5.41, 5.74) is 3.70. The molecule has 0 heterocycles. The predicted octanol–water partition coefficient (Wildman–Crippen LogP) is 6.31. The molecule has 0 bridgehead atoms. The standard InChI is InChI=1S/C22H15F/c23-22-19-12-5-4-10-17(19)14-15-21(22)20-13-7-6-11-18(20)16-8-2-1-3-9-16/h1-15H. The average Bonchev–Trinajstić information content (AvgIpc) is 2.63. The van der Waals surface area contributed by atoms with Gasteiger partial charge in [-0.25, -0.2) is 4.39 Å². The molecule has 0 atom stereocenters. The van der Waals surface area contributed by atoms with Gasteiger partial charge in [-0.2, -0.15) is 0 Å². The molecule has 110 valence electrons. The largest absolute Gasteiger partial charge is 0.206 e. The molecular weight excluding hydrogens is 283 g/mol. The predicted molar refractivity (Wildman–Crippen MR) is 94.8 cm³/mol. The summed E-state index contributed by atoms with van der Waals surface area (Å²) in [7, 11) is 0. The third-order valence-electron chi connectivity index (χ3n) is 4.17. The third-order valence-corrected chi connectivity index (χ3v) is 4.17. The Bertz CT molecular complexity index is 971. The zero-order valence-electron chi connectivity index (χ0n) is 12.5. The molecule has 4 rings (SSSR count). The molecule has 0 nitrogen and oxygen atoms in total. The van der Waals surface area contributed by atoms with Crippen LogP contribution in [0.2, 0.25) is 0 Å². The summed E-state index contributed by atoms with van der Waals surface area (Å²) in [6, 6.07) is 29.5. The minimum absolute atomic E-state index is 0.161. The molecule has 0 fully saturated rings. The van der Waals surface area contributed by atoms with Gasteiger partial charge in [-0.3, -0.25) is 0 Å². The van der Waals surface area contributed by atoms with Gasteiger partial charge in [0.25, 0.3) is 0 Å². The first-order valence-corrected chi connectivity index (χ1v) is 7.67. The van der Waals surface area contributed by atoms with Crippen LogP contribution in [0.4, 0.5) is 4.39 Å². The molecule has 4 aromatic carbocycles. The topological polar surface area (TPSA) is 0 Å². The van der Waals surface area contributed by atoms with E-state index in [1.54, 1.807) is 0 Å². The van der Waals surface area contributed by atoms with E-state index in [0.29, 0.717) is 10.9 Å². The van der Waals surface area contributed by atoms with Gasteiger partial charge in [0.2, 0.25) is 0 Å². The maximum absolute atomic E-state index is 15.1. The molecule has 4 aromatic rings. The Morgan fingerprint density at radius 3 is 1.96 bits per heavy atom. The van der Waals surface area contributed by atoms with Gasteiger partial charge in [0.05, 0.1) is 0 Å². The van der Waals surface area contributed by atoms with Crippen molar-refractivity contribution in [3.63, 3.8) is 0 Å². The molecule has 0 aliphatic heterocycles. The van der Waals surface area contributed by atoms with Crippen LogP contribution in [-0.4, -0.2) is 0 Å². The fourth-order valence-electron chi connectivity index (χ4n) is 3.03. The number of fused-ring (bicyclic) bond motifs is 1. The molecule has 0 saturated heterocycles. The van der Waals surface area contributed by atoms with E-state index in [9.17, 15) is 0 Å². The second-order valence-electron chi connectivity index (χ2n) is 5.56. The summed E-state index contributed by atoms with van der Waals surface area (Å²) in [6.07, 6.45) is 0. The van der Waals surface area contributed by atoms with Crippen molar-refractivity contribution in [3.8, 4) is 22.3 Å². The fraction of sp³-hybridized carbons (Fsp3) is 0. The van der Waals surface area contributed by atoms with Gasteiger partial charge in [-0.1, -0.05) is 91.0 Å². The van der Waals surface area contributed by atoms with Gasteiger partial charge in [-0.05, 0) is 22.1 Å². The Labute approximate surface area is 134 Å². The molecule has 0 spiro atoms. The van der Waals surface area contributed by atoms with Crippen LogP contribution < -0.4 is 0 Å². The van der Waals surface area contributed by atoms with Crippen LogP contribution in [0.25, 0.3) is 33.0 Å². The Morgan fingerprint density at radius 1 is 0.478 bits per heavy atom. The first-order valence-electron chi connectivity index (χ1n) is 7.67. The molecule has 1 heteroatoms. The van der Waals surface area contributed by atoms with Gasteiger partial charge < -0.3 is 0 Å². The smallest absolute Gasteiger partial charge is 0.138 e. The Hall–Kier alpha value is -2.93. The van der Waals surface area contributed by atoms with E-state index in [1.807, 2.05) is 78.9 Å². The summed E-state index contributed by atoms with van der Waals surface area (Å²) in [5.74, 6) is -0.161. The zero-order valence-corrected chi connectivity index (χ0v) is 12.5. The first-order chi connectivity index (χ1) is 11.3. The quantitative estimate of drug-likeness (QED) is 0.406. The van der Waals surface area contributed by atoms with E-state index < -0.39 is 0 Å². The highest BCUT2D eigenvalue weighted by Gasteiger charge is 2.13. The van der Waals surface area contributed by atoms with Gasteiger partial charge in [0.1, 0.15) is 5.82 Å². The van der Waals surface area contributed by atoms with Crippen molar-refractivity contribution in [3.05, 3.63) is 96.8 Å². The van der Waals surface area contributed by atoms with Crippen LogP contribution in [0.3, 0.4) is 0 Å². The number of hydrogen-bond donors (Lipinski definition) is 0. The van der Waals surface area contributed by atoms with Crippen molar-refractivity contribution in [2.45, 2.75) is 0 Å². The lowest BCUT2D eigenvalue weighted by atomic mass is 9.93. The summed E-state index contributed by atoms with van der Waals surface area (Å²) < 4.78 is 15.1. The SMILES string of the molecule is Fc1c(-c2ccccc2-c2ccccc2)ccc2ccccc12. The molecule has 0 radical (unpaired) electrons. The first kappa shape index (κ1) is 13.7. The number of rotatable bonds is 2. The lowest BCUT2D eigenvalue weighted by Crippen LogP contribution is -1.90. The maximum atomic E-state index is 15.1. The lowest BCUT2D eigenvalue weighted by molar-refractivity contribution is 0.643. The van der Waals surface area contributed by atoms with Crippen LogP contribution in [0.15, 0.2) is 91.0 Å². The highest BCUT2D eigenvalue weighted by atomic mass is 19.1. The van der Waals surface area contributed by atoms with Gasteiger partial charge in [-0.15, -0.1) is 0 Å². The van der Waals surface area contributed by atoms with Crippen LogP contribution in [0.1, 0.15) is 0 Å². The highest BCUT2D eigenvalue weighted by molar-refractivity contribution is 5.92. The van der Waals surface area contributed by atoms with Gasteiger partial charge in [0.15, 0.2) is 0 Å². The summed E-state index contributed by atoms with van der Waals surface area (Å²) in [4.78, 5) is 0. The number of hydrogen-bond acceptors (Lipinski definition) is 0. The van der Waals surface area contributed by atoms with Crippen molar-refractivity contribution >= 4 is 10.8 Å². The van der Waals surface area contributed by atoms with Crippen molar-refractivity contribution in [1.29, 1.82) is 0 Å². The van der Waals surface area contributed by atoms with Gasteiger partial charge in [0, 0.05) is 10.9 Å². The second-order valence-corrected chi connectivity index (χ2v) is 5.56. The summed E-state index contributed by atoms with van der Waals surface area (Å²) in [5, 5.41) is 1.58. The number of halogens is 1. The van der Waals surface area contributed by atoms with Crippen molar-refractivity contribution < 1.29 is 4.39 Å². The van der Waals surface area contributed by atoms with Crippen LogP contribution in [0, 0.1) is 5.82 Å². The molecule has 0 aromatic heterocycles. The van der Waals surface area contributed by atoms with Gasteiger partial charge >= 0.3 is 0 Å². The van der Waals surface area contributed by atoms with E-state index in [1.165, 1.54) is 0 Å². The summed E-state index contributed by atoms with van der Waals surface area (Å²) in [6.45, 7) is 0. The minimum Gasteiger partial charge on any atom is -0.206 e. The monoisotopic (exact) mass is 298 g/mol. The molecule has 0 unspecified atom stereocenters. The van der Waals surface area contributed by atoms with E-state index in [-0.39, 0.29) is 5.82 Å². The van der Waals surface area contributed by atoms with Crippen molar-refractivity contribution in [2.24, 2.45) is 0 Å². The minimum atomic E-state index is -0.161. The highest BCUT2D eigenvalue weighted by Crippen LogP contribution is 2.35. The van der Waals surface area contributed by atoms with E-state index in [0.717, 1.165) is 22.1 Å². The maximum Gasteiger partial charge on any atom is 0.138 e. The third kappa shape index (κ3) is 2.40. The Morgan fingerprint density at radius 2 is 1.13 bits per heavy atom.